The molecule has 1 aliphatic rings. The van der Waals surface area contributed by atoms with E-state index >= 15 is 0 Å². The Labute approximate surface area is 189 Å². The van der Waals surface area contributed by atoms with Crippen molar-refractivity contribution in [2.45, 2.75) is 25.9 Å². The molecule has 0 aliphatic heterocycles. The van der Waals surface area contributed by atoms with E-state index in [1.54, 1.807) is 36.8 Å². The molecule has 0 unspecified atom stereocenters. The van der Waals surface area contributed by atoms with Gasteiger partial charge in [0, 0.05) is 42.5 Å². The Morgan fingerprint density at radius 2 is 1.64 bits per heavy atom. The number of para-hydroxylation sites is 2. The molecular weight excluding hydrogens is 416 g/mol. The van der Waals surface area contributed by atoms with E-state index in [1.165, 1.54) is 6.20 Å². The van der Waals surface area contributed by atoms with Crippen molar-refractivity contribution in [1.29, 1.82) is 0 Å². The van der Waals surface area contributed by atoms with E-state index in [9.17, 15) is 14.8 Å². The first-order valence-electron chi connectivity index (χ1n) is 11.0. The third-order valence-electron chi connectivity index (χ3n) is 6.42. The number of aromatic nitrogens is 4. The molecule has 7 nitrogen and oxygen atoms in total. The minimum atomic E-state index is -0.275. The van der Waals surface area contributed by atoms with Gasteiger partial charge in [-0.3, -0.25) is 9.59 Å². The van der Waals surface area contributed by atoms with Gasteiger partial charge < -0.3 is 14.3 Å². The van der Waals surface area contributed by atoms with Crippen LogP contribution in [0.15, 0.2) is 73.4 Å². The van der Waals surface area contributed by atoms with E-state index in [2.05, 4.69) is 4.98 Å². The highest BCUT2D eigenvalue weighted by molar-refractivity contribution is 6.34. The number of pyridine rings is 1. The molecule has 0 radical (unpaired) electrons. The molecule has 0 amide bonds. The Morgan fingerprint density at radius 1 is 0.879 bits per heavy atom. The molecule has 0 saturated carbocycles. The number of fused-ring (bicyclic) bond motifs is 6. The number of benzene rings is 2. The van der Waals surface area contributed by atoms with Crippen LogP contribution in [-0.2, 0) is 13.1 Å². The summed E-state index contributed by atoms with van der Waals surface area (Å²) in [7, 11) is 0. The van der Waals surface area contributed by atoms with Crippen LogP contribution in [0.2, 0.25) is 0 Å². The first-order chi connectivity index (χ1) is 16.1. The van der Waals surface area contributed by atoms with Crippen molar-refractivity contribution in [2.75, 3.05) is 0 Å². The van der Waals surface area contributed by atoms with Crippen LogP contribution in [0.1, 0.15) is 44.8 Å². The van der Waals surface area contributed by atoms with Crippen molar-refractivity contribution >= 4 is 33.4 Å². The van der Waals surface area contributed by atoms with E-state index in [-0.39, 0.29) is 17.1 Å². The minimum Gasteiger partial charge on any atom is -0.618 e. The number of rotatable bonds is 5. The number of hydrogen-bond acceptors (Lipinski definition) is 4. The molecule has 6 rings (SSSR count). The molecule has 0 bridgehead atoms. The zero-order chi connectivity index (χ0) is 22.5. The summed E-state index contributed by atoms with van der Waals surface area (Å²) in [4.78, 5) is 31.6. The van der Waals surface area contributed by atoms with Crippen LogP contribution in [0.25, 0.3) is 21.8 Å². The van der Waals surface area contributed by atoms with Crippen molar-refractivity contribution in [3.8, 4) is 0 Å². The Morgan fingerprint density at radius 3 is 2.45 bits per heavy atom. The maximum absolute atomic E-state index is 13.9. The molecule has 0 spiro atoms. The fourth-order valence-corrected chi connectivity index (χ4v) is 4.93. The van der Waals surface area contributed by atoms with Gasteiger partial charge in [0.2, 0.25) is 17.1 Å². The Hall–Kier alpha value is -4.26. The number of imidazole rings is 1. The van der Waals surface area contributed by atoms with Crippen LogP contribution in [-0.4, -0.2) is 25.7 Å². The lowest BCUT2D eigenvalue weighted by Gasteiger charge is -2.18. The monoisotopic (exact) mass is 436 g/mol. The lowest BCUT2D eigenvalue weighted by molar-refractivity contribution is -0.577. The number of hydrogen-bond donors (Lipinski definition) is 0. The predicted molar refractivity (Wildman–Crippen MR) is 123 cm³/mol. The van der Waals surface area contributed by atoms with E-state index in [1.807, 2.05) is 39.6 Å². The zero-order valence-corrected chi connectivity index (χ0v) is 17.8. The lowest BCUT2D eigenvalue weighted by atomic mass is 9.85. The predicted octanol–water partition coefficient (Wildman–Crippen LogP) is 3.88. The molecule has 0 atom stereocenters. The zero-order valence-electron chi connectivity index (χ0n) is 17.8. The van der Waals surface area contributed by atoms with Crippen LogP contribution in [0.4, 0.5) is 0 Å². The van der Waals surface area contributed by atoms with E-state index in [0.717, 1.165) is 30.3 Å². The van der Waals surface area contributed by atoms with Crippen LogP contribution in [0, 0.1) is 5.21 Å². The van der Waals surface area contributed by atoms with Gasteiger partial charge in [0.15, 0.2) is 6.20 Å². The standard InChI is InChI=1S/C26H20N4O3/c31-25-19-15-30(33)21-10-4-2-8-18(21)22(19)26(32)24-23(25)17-7-1-3-9-20(17)29(24)13-6-5-12-28-14-11-27-16-28/h1-4,7-11,14-16H,5-6,12-13H2. The minimum absolute atomic E-state index is 0.171. The molecular formula is C26H20N4O3. The van der Waals surface area contributed by atoms with Crippen molar-refractivity contribution in [3.05, 3.63) is 101 Å². The number of aryl methyl sites for hydroxylation is 2. The SMILES string of the molecule is O=C1c2c[n+]([O-])c3ccccc3c2C(=O)c2c1c1ccccc1n2CCCCn1ccnc1. The second kappa shape index (κ2) is 7.41. The maximum Gasteiger partial charge on any atom is 0.224 e. The van der Waals surface area contributed by atoms with Gasteiger partial charge in [-0.1, -0.05) is 30.3 Å². The summed E-state index contributed by atoms with van der Waals surface area (Å²) in [6.45, 7) is 1.45. The van der Waals surface area contributed by atoms with Crippen molar-refractivity contribution in [3.63, 3.8) is 0 Å². The van der Waals surface area contributed by atoms with Gasteiger partial charge in [0.25, 0.3) is 0 Å². The highest BCUT2D eigenvalue weighted by Crippen LogP contribution is 2.37. The Balaban J connectivity index is 1.48. The number of nitrogens with zero attached hydrogens (tertiary/aromatic N) is 4. The Kier molecular flexibility index (Phi) is 4.36. The van der Waals surface area contributed by atoms with Crippen LogP contribution < -0.4 is 4.73 Å². The highest BCUT2D eigenvalue weighted by Gasteiger charge is 2.38. The number of ketones is 2. The molecule has 0 N–H and O–H groups in total. The van der Waals surface area contributed by atoms with Crippen LogP contribution in [0.3, 0.4) is 0 Å². The van der Waals surface area contributed by atoms with Gasteiger partial charge in [0.1, 0.15) is 5.69 Å². The van der Waals surface area contributed by atoms with Crippen molar-refractivity contribution in [1.82, 2.24) is 14.1 Å². The maximum atomic E-state index is 13.9. The summed E-state index contributed by atoms with van der Waals surface area (Å²) in [5, 5.41) is 13.8. The summed E-state index contributed by atoms with van der Waals surface area (Å²) < 4.78 is 4.69. The van der Waals surface area contributed by atoms with Crippen molar-refractivity contribution in [2.24, 2.45) is 0 Å². The van der Waals surface area contributed by atoms with Gasteiger partial charge in [-0.05, 0) is 25.0 Å². The number of carbonyl (C=O) groups is 2. The Bertz CT molecular complexity index is 1560. The second-order valence-corrected chi connectivity index (χ2v) is 8.32. The molecule has 7 heteroatoms. The quantitative estimate of drug-likeness (QED) is 0.233. The van der Waals surface area contributed by atoms with Crippen LogP contribution in [0.5, 0.6) is 0 Å². The lowest BCUT2D eigenvalue weighted by Crippen LogP contribution is -2.33. The smallest absolute Gasteiger partial charge is 0.224 e. The summed E-state index contributed by atoms with van der Waals surface area (Å²) in [6, 6.07) is 14.5. The first kappa shape index (κ1) is 19.4. The average molecular weight is 436 g/mol. The van der Waals surface area contributed by atoms with Gasteiger partial charge in [-0.15, -0.1) is 0 Å². The number of carbonyl (C=O) groups excluding carboxylic acids is 2. The topological polar surface area (TPSA) is 83.8 Å². The fraction of sp³-hybridized carbons (Fsp3) is 0.154. The molecule has 2 aromatic carbocycles. The summed E-state index contributed by atoms with van der Waals surface area (Å²) in [6.07, 6.45) is 8.48. The molecule has 0 saturated heterocycles. The summed E-state index contributed by atoms with van der Waals surface area (Å²) in [5.74, 6) is -0.481. The van der Waals surface area contributed by atoms with Gasteiger partial charge >= 0.3 is 0 Å². The molecule has 0 fully saturated rings. The van der Waals surface area contributed by atoms with Gasteiger partial charge in [0.05, 0.1) is 28.4 Å². The second-order valence-electron chi connectivity index (χ2n) is 8.32. The summed E-state index contributed by atoms with van der Waals surface area (Å²) in [5.41, 5.74) is 2.54. The average Bonchev–Trinajstić information content (AvgIpc) is 3.47. The van der Waals surface area contributed by atoms with Crippen LogP contribution >= 0.6 is 0 Å². The molecule has 1 aliphatic carbocycles. The first-order valence-corrected chi connectivity index (χ1v) is 11.0. The normalized spacial score (nSPS) is 13.0. The van der Waals surface area contributed by atoms with E-state index in [0.29, 0.717) is 39.0 Å². The fourth-order valence-electron chi connectivity index (χ4n) is 4.93. The van der Waals surface area contributed by atoms with Gasteiger partial charge in [-0.2, -0.15) is 4.73 Å². The summed E-state index contributed by atoms with van der Waals surface area (Å²) >= 11 is 0. The van der Waals surface area contributed by atoms with E-state index < -0.39 is 0 Å². The molecule has 33 heavy (non-hydrogen) atoms. The molecule has 5 aromatic rings. The molecule has 3 aromatic heterocycles. The number of unbranched alkanes of at least 4 members (excludes halogenated alkanes) is 1. The molecule has 162 valence electrons. The van der Waals surface area contributed by atoms with Gasteiger partial charge in [-0.25, -0.2) is 4.98 Å². The highest BCUT2D eigenvalue weighted by atomic mass is 16.5. The van der Waals surface area contributed by atoms with E-state index in [4.69, 9.17) is 0 Å². The third kappa shape index (κ3) is 2.89. The molecule has 3 heterocycles. The largest absolute Gasteiger partial charge is 0.618 e. The van der Waals surface area contributed by atoms with Crippen molar-refractivity contribution < 1.29 is 14.3 Å². The third-order valence-corrected chi connectivity index (χ3v) is 6.42.